The number of benzene rings is 1. The van der Waals surface area contributed by atoms with Gasteiger partial charge in [0.2, 0.25) is 5.91 Å². The van der Waals surface area contributed by atoms with E-state index < -0.39 is 24.6 Å². The summed E-state index contributed by atoms with van der Waals surface area (Å²) in [6, 6.07) is 6.58. The molecule has 0 aliphatic heterocycles. The molecule has 1 unspecified atom stereocenters. The maximum Gasteiger partial charge on any atom is 0.335 e. The standard InChI is InChI=1S/C12H18NO4P/c1-8(11(13)14)9-4-6-10(7-5-9)12(2,3)18(15,16)17/h4-8H,1-3H3,(H2,13,14)(H2,15,16,17). The van der Waals surface area contributed by atoms with E-state index in [0.29, 0.717) is 5.56 Å². The van der Waals surface area contributed by atoms with Gasteiger partial charge in [-0.25, -0.2) is 0 Å². The highest BCUT2D eigenvalue weighted by Gasteiger charge is 2.39. The monoisotopic (exact) mass is 271 g/mol. The number of hydrogen-bond acceptors (Lipinski definition) is 2. The van der Waals surface area contributed by atoms with Crippen molar-refractivity contribution in [3.05, 3.63) is 35.4 Å². The zero-order valence-electron chi connectivity index (χ0n) is 10.6. The number of carbonyl (C=O) groups is 1. The third-order valence-corrected chi connectivity index (χ3v) is 4.99. The van der Waals surface area contributed by atoms with Gasteiger partial charge in [0.15, 0.2) is 0 Å². The summed E-state index contributed by atoms with van der Waals surface area (Å²) >= 11 is 0. The van der Waals surface area contributed by atoms with Crippen LogP contribution in [0.5, 0.6) is 0 Å². The van der Waals surface area contributed by atoms with Crippen molar-refractivity contribution < 1.29 is 19.1 Å². The number of rotatable bonds is 4. The highest BCUT2D eigenvalue weighted by Crippen LogP contribution is 2.56. The molecule has 1 aromatic rings. The Morgan fingerprint density at radius 3 is 2.06 bits per heavy atom. The van der Waals surface area contributed by atoms with E-state index in [1.807, 2.05) is 0 Å². The van der Waals surface area contributed by atoms with E-state index in [9.17, 15) is 19.1 Å². The van der Waals surface area contributed by atoms with Crippen molar-refractivity contribution in [1.29, 1.82) is 0 Å². The van der Waals surface area contributed by atoms with Gasteiger partial charge >= 0.3 is 7.60 Å². The van der Waals surface area contributed by atoms with Crippen LogP contribution in [0.25, 0.3) is 0 Å². The van der Waals surface area contributed by atoms with Crippen molar-refractivity contribution in [3.63, 3.8) is 0 Å². The van der Waals surface area contributed by atoms with Crippen LogP contribution in [0.15, 0.2) is 24.3 Å². The largest absolute Gasteiger partial charge is 0.369 e. The van der Waals surface area contributed by atoms with Crippen LogP contribution in [-0.2, 0) is 14.5 Å². The summed E-state index contributed by atoms with van der Waals surface area (Å²) < 4.78 is 11.4. The van der Waals surface area contributed by atoms with Crippen molar-refractivity contribution in [3.8, 4) is 0 Å². The number of primary amides is 1. The van der Waals surface area contributed by atoms with E-state index in [2.05, 4.69) is 0 Å². The van der Waals surface area contributed by atoms with Crippen molar-refractivity contribution >= 4 is 13.5 Å². The summed E-state index contributed by atoms with van der Waals surface area (Å²) in [7, 11) is -4.24. The van der Waals surface area contributed by atoms with Crippen LogP contribution in [0.4, 0.5) is 0 Å². The summed E-state index contributed by atoms with van der Waals surface area (Å²) in [6.45, 7) is 4.66. The van der Waals surface area contributed by atoms with Gasteiger partial charge in [-0.3, -0.25) is 9.36 Å². The minimum absolute atomic E-state index is 0.419. The molecule has 0 aliphatic rings. The molecule has 5 nitrogen and oxygen atoms in total. The maximum absolute atomic E-state index is 11.4. The third kappa shape index (κ3) is 2.80. The second-order valence-corrected chi connectivity index (χ2v) is 7.06. The molecule has 0 heterocycles. The van der Waals surface area contributed by atoms with Gasteiger partial charge in [-0.15, -0.1) is 0 Å². The summed E-state index contributed by atoms with van der Waals surface area (Å²) in [5, 5.41) is -1.25. The highest BCUT2D eigenvalue weighted by atomic mass is 31.2. The molecule has 0 radical (unpaired) electrons. The first-order valence-corrected chi connectivity index (χ1v) is 7.14. The van der Waals surface area contributed by atoms with Gasteiger partial charge in [-0.2, -0.15) is 0 Å². The lowest BCUT2D eigenvalue weighted by Crippen LogP contribution is -2.20. The molecule has 4 N–H and O–H groups in total. The Bertz CT molecular complexity index is 489. The lowest BCUT2D eigenvalue weighted by atomic mass is 9.95. The number of carbonyl (C=O) groups excluding carboxylic acids is 1. The maximum atomic E-state index is 11.4. The molecule has 0 saturated carbocycles. The van der Waals surface area contributed by atoms with Crippen molar-refractivity contribution in [1.82, 2.24) is 0 Å². The Labute approximate surface area is 106 Å². The normalized spacial score (nSPS) is 14.3. The topological polar surface area (TPSA) is 101 Å². The molecule has 1 rings (SSSR count). The lowest BCUT2D eigenvalue weighted by molar-refractivity contribution is -0.119. The molecule has 1 atom stereocenters. The van der Waals surface area contributed by atoms with Crippen LogP contribution in [0.1, 0.15) is 37.8 Å². The SMILES string of the molecule is CC(C(N)=O)c1ccc(C(C)(C)P(=O)(O)O)cc1. The second-order valence-electron chi connectivity index (χ2n) is 4.85. The third-order valence-electron chi connectivity index (χ3n) is 3.27. The van der Waals surface area contributed by atoms with Gasteiger partial charge in [0, 0.05) is 0 Å². The average Bonchev–Trinajstić information content (AvgIpc) is 2.26. The van der Waals surface area contributed by atoms with Gasteiger partial charge in [-0.05, 0) is 31.9 Å². The van der Waals surface area contributed by atoms with E-state index in [-0.39, 0.29) is 0 Å². The highest BCUT2D eigenvalue weighted by molar-refractivity contribution is 7.53. The molecule has 0 bridgehead atoms. The first-order chi connectivity index (χ1) is 8.07. The second kappa shape index (κ2) is 4.84. The molecule has 0 saturated heterocycles. The molecule has 1 aromatic carbocycles. The minimum Gasteiger partial charge on any atom is -0.369 e. The summed E-state index contributed by atoms with van der Waals surface area (Å²) in [5.41, 5.74) is 6.45. The predicted molar refractivity (Wildman–Crippen MR) is 69.1 cm³/mol. The zero-order chi connectivity index (χ0) is 14.1. The van der Waals surface area contributed by atoms with Crippen LogP contribution in [0.2, 0.25) is 0 Å². The first-order valence-electron chi connectivity index (χ1n) is 5.53. The molecular formula is C12H18NO4P. The Hall–Kier alpha value is -1.16. The minimum atomic E-state index is -4.24. The molecule has 0 fully saturated rings. The van der Waals surface area contributed by atoms with Crippen molar-refractivity contribution in [2.45, 2.75) is 31.8 Å². The molecular weight excluding hydrogens is 253 g/mol. The van der Waals surface area contributed by atoms with E-state index in [1.165, 1.54) is 13.8 Å². The Morgan fingerprint density at radius 1 is 1.28 bits per heavy atom. The molecule has 100 valence electrons. The van der Waals surface area contributed by atoms with Crippen molar-refractivity contribution in [2.75, 3.05) is 0 Å². The molecule has 0 aliphatic carbocycles. The molecule has 18 heavy (non-hydrogen) atoms. The Balaban J connectivity index is 3.11. The van der Waals surface area contributed by atoms with Crippen LogP contribution in [0.3, 0.4) is 0 Å². The van der Waals surface area contributed by atoms with Gasteiger partial charge in [0.05, 0.1) is 11.1 Å². The van der Waals surface area contributed by atoms with E-state index in [1.54, 1.807) is 31.2 Å². The first kappa shape index (κ1) is 14.9. The van der Waals surface area contributed by atoms with Crippen LogP contribution in [0, 0.1) is 0 Å². The summed E-state index contributed by atoms with van der Waals surface area (Å²) in [5.74, 6) is -0.853. The van der Waals surface area contributed by atoms with Crippen LogP contribution >= 0.6 is 7.60 Å². The summed E-state index contributed by atoms with van der Waals surface area (Å²) in [6.07, 6.45) is 0. The molecule has 0 spiro atoms. The summed E-state index contributed by atoms with van der Waals surface area (Å²) in [4.78, 5) is 29.6. The van der Waals surface area contributed by atoms with E-state index >= 15 is 0 Å². The quantitative estimate of drug-likeness (QED) is 0.725. The molecule has 1 amide bonds. The van der Waals surface area contributed by atoms with Gasteiger partial charge in [-0.1, -0.05) is 24.3 Å². The predicted octanol–water partition coefficient (Wildman–Crippen LogP) is 1.69. The molecule has 6 heteroatoms. The van der Waals surface area contributed by atoms with Crippen molar-refractivity contribution in [2.24, 2.45) is 5.73 Å². The van der Waals surface area contributed by atoms with Gasteiger partial charge < -0.3 is 15.5 Å². The number of nitrogens with two attached hydrogens (primary N) is 1. The zero-order valence-corrected chi connectivity index (χ0v) is 11.5. The van der Waals surface area contributed by atoms with E-state index in [0.717, 1.165) is 5.56 Å². The average molecular weight is 271 g/mol. The number of amides is 1. The Morgan fingerprint density at radius 2 is 1.72 bits per heavy atom. The van der Waals surface area contributed by atoms with Gasteiger partial charge in [0.25, 0.3) is 0 Å². The smallest absolute Gasteiger partial charge is 0.335 e. The Kier molecular flexibility index (Phi) is 4.01. The fourth-order valence-corrected chi connectivity index (χ4v) is 2.00. The lowest BCUT2D eigenvalue weighted by Gasteiger charge is -2.26. The fourth-order valence-electron chi connectivity index (χ4n) is 1.51. The molecule has 0 aromatic heterocycles. The van der Waals surface area contributed by atoms with Gasteiger partial charge in [0.1, 0.15) is 0 Å². The van der Waals surface area contributed by atoms with Crippen LogP contribution in [-0.4, -0.2) is 15.7 Å². The van der Waals surface area contributed by atoms with Crippen LogP contribution < -0.4 is 5.73 Å². The number of hydrogen-bond donors (Lipinski definition) is 3. The fraction of sp³-hybridized carbons (Fsp3) is 0.417. The van der Waals surface area contributed by atoms with E-state index in [4.69, 9.17) is 5.73 Å².